The van der Waals surface area contributed by atoms with Crippen molar-refractivity contribution in [1.82, 2.24) is 9.80 Å². The van der Waals surface area contributed by atoms with E-state index in [1.165, 1.54) is 16.0 Å². The molecule has 2 aliphatic heterocycles. The van der Waals surface area contributed by atoms with Crippen LogP contribution >= 0.6 is 11.6 Å². The van der Waals surface area contributed by atoms with Gasteiger partial charge in [-0.15, -0.1) is 0 Å². The van der Waals surface area contributed by atoms with Gasteiger partial charge in [-0.3, -0.25) is 19.4 Å². The lowest BCUT2D eigenvalue weighted by atomic mass is 9.96. The van der Waals surface area contributed by atoms with E-state index < -0.39 is 6.04 Å². The van der Waals surface area contributed by atoms with Crippen LogP contribution in [0.3, 0.4) is 0 Å². The molecule has 0 unspecified atom stereocenters. The minimum atomic E-state index is -0.401. The Hall–Kier alpha value is -2.99. The number of carbonyl (C=O) groups excluding carboxylic acids is 2. The lowest BCUT2D eigenvalue weighted by Crippen LogP contribution is -2.53. The maximum atomic E-state index is 13.2. The number of anilines is 1. The van der Waals surface area contributed by atoms with Crippen LogP contribution in [0, 0.1) is 0 Å². The summed E-state index contributed by atoms with van der Waals surface area (Å²) >= 11 is 5.97. The molecule has 0 aliphatic carbocycles. The zero-order chi connectivity index (χ0) is 22.8. The van der Waals surface area contributed by atoms with Gasteiger partial charge in [-0.25, -0.2) is 4.90 Å². The first-order chi connectivity index (χ1) is 16.1. The van der Waals surface area contributed by atoms with E-state index in [-0.39, 0.29) is 24.3 Å². The van der Waals surface area contributed by atoms with Crippen LogP contribution in [0.5, 0.6) is 0 Å². The highest BCUT2D eigenvalue weighted by Crippen LogP contribution is 2.31. The number of amides is 2. The smallest absolute Gasteiger partial charge is 0.251 e. The summed E-state index contributed by atoms with van der Waals surface area (Å²) in [4.78, 5) is 31.8. The summed E-state index contributed by atoms with van der Waals surface area (Å²) < 4.78 is 0. The molecule has 0 saturated carbocycles. The second kappa shape index (κ2) is 9.48. The highest BCUT2D eigenvalue weighted by atomic mass is 35.5. The first kappa shape index (κ1) is 21.8. The standard InChI is InChI=1S/C27H26ClN3O2/c28-22-11-13-23(14-12-22)31-25(32)19-24(27(31)33)29-15-17-30(18-16-29)26(20-7-3-1-4-8-20)21-9-5-2-6-10-21/h1-14,24,26H,15-19H2/t24-/m0/s1. The molecule has 5 nitrogen and oxygen atoms in total. The quantitative estimate of drug-likeness (QED) is 0.531. The summed E-state index contributed by atoms with van der Waals surface area (Å²) in [7, 11) is 0. The Morgan fingerprint density at radius 1 is 0.727 bits per heavy atom. The molecule has 2 fully saturated rings. The first-order valence-corrected chi connectivity index (χ1v) is 11.7. The monoisotopic (exact) mass is 459 g/mol. The molecule has 2 heterocycles. The number of piperazine rings is 1. The number of imide groups is 1. The van der Waals surface area contributed by atoms with Gasteiger partial charge in [0.15, 0.2) is 0 Å². The predicted molar refractivity (Wildman–Crippen MR) is 130 cm³/mol. The van der Waals surface area contributed by atoms with E-state index in [1.807, 2.05) is 12.1 Å². The molecule has 0 N–H and O–H groups in total. The molecule has 0 bridgehead atoms. The summed E-state index contributed by atoms with van der Waals surface area (Å²) in [5, 5.41) is 0.580. The maximum Gasteiger partial charge on any atom is 0.251 e. The summed E-state index contributed by atoms with van der Waals surface area (Å²) in [5.74, 6) is -0.292. The van der Waals surface area contributed by atoms with E-state index in [0.29, 0.717) is 10.7 Å². The Morgan fingerprint density at radius 2 is 1.27 bits per heavy atom. The molecule has 0 radical (unpaired) electrons. The van der Waals surface area contributed by atoms with Crippen molar-refractivity contribution in [3.05, 3.63) is 101 Å². The number of rotatable bonds is 5. The van der Waals surface area contributed by atoms with Crippen LogP contribution in [0.1, 0.15) is 23.6 Å². The van der Waals surface area contributed by atoms with E-state index in [4.69, 9.17) is 11.6 Å². The molecule has 1 atom stereocenters. The maximum absolute atomic E-state index is 13.2. The average molecular weight is 460 g/mol. The first-order valence-electron chi connectivity index (χ1n) is 11.3. The third-order valence-electron chi connectivity index (χ3n) is 6.59. The zero-order valence-corrected chi connectivity index (χ0v) is 19.1. The molecule has 33 heavy (non-hydrogen) atoms. The molecule has 5 rings (SSSR count). The molecule has 3 aromatic carbocycles. The van der Waals surface area contributed by atoms with Gasteiger partial charge in [0.1, 0.15) is 0 Å². The largest absolute Gasteiger partial charge is 0.290 e. The van der Waals surface area contributed by atoms with Gasteiger partial charge in [-0.05, 0) is 35.4 Å². The van der Waals surface area contributed by atoms with Gasteiger partial charge in [-0.1, -0.05) is 72.3 Å². The number of hydrogen-bond donors (Lipinski definition) is 0. The molecule has 168 valence electrons. The number of nitrogens with zero attached hydrogens (tertiary/aromatic N) is 3. The average Bonchev–Trinajstić information content (AvgIpc) is 3.15. The van der Waals surface area contributed by atoms with Crippen molar-refractivity contribution in [1.29, 1.82) is 0 Å². The fraction of sp³-hybridized carbons (Fsp3) is 0.259. The number of benzene rings is 3. The lowest BCUT2D eigenvalue weighted by molar-refractivity contribution is -0.123. The van der Waals surface area contributed by atoms with Gasteiger partial charge in [0, 0.05) is 31.2 Å². The van der Waals surface area contributed by atoms with Crippen LogP contribution in [0.15, 0.2) is 84.9 Å². The van der Waals surface area contributed by atoms with Gasteiger partial charge in [-0.2, -0.15) is 0 Å². The highest BCUT2D eigenvalue weighted by Gasteiger charge is 2.43. The molecule has 3 aromatic rings. The van der Waals surface area contributed by atoms with Crippen LogP contribution in [0.25, 0.3) is 0 Å². The molecular formula is C27H26ClN3O2. The number of halogens is 1. The van der Waals surface area contributed by atoms with Crippen LogP contribution < -0.4 is 4.90 Å². The third-order valence-corrected chi connectivity index (χ3v) is 6.85. The third kappa shape index (κ3) is 4.44. The molecule has 6 heteroatoms. The summed E-state index contributed by atoms with van der Waals surface area (Å²) in [6.45, 7) is 3.14. The van der Waals surface area contributed by atoms with Crippen LogP contribution in [0.2, 0.25) is 5.02 Å². The van der Waals surface area contributed by atoms with Crippen molar-refractivity contribution in [3.63, 3.8) is 0 Å². The van der Waals surface area contributed by atoms with Gasteiger partial charge < -0.3 is 0 Å². The Morgan fingerprint density at radius 3 is 1.82 bits per heavy atom. The molecular weight excluding hydrogens is 434 g/mol. The molecule has 2 saturated heterocycles. The molecule has 0 spiro atoms. The van der Waals surface area contributed by atoms with Crippen LogP contribution in [-0.4, -0.2) is 53.8 Å². The minimum Gasteiger partial charge on any atom is -0.290 e. The van der Waals surface area contributed by atoms with E-state index in [9.17, 15) is 9.59 Å². The van der Waals surface area contributed by atoms with Gasteiger partial charge in [0.2, 0.25) is 5.91 Å². The van der Waals surface area contributed by atoms with Crippen molar-refractivity contribution < 1.29 is 9.59 Å². The lowest BCUT2D eigenvalue weighted by Gasteiger charge is -2.41. The van der Waals surface area contributed by atoms with E-state index in [1.54, 1.807) is 24.3 Å². The van der Waals surface area contributed by atoms with E-state index in [2.05, 4.69) is 58.3 Å². The SMILES string of the molecule is O=C1C[C@H](N2CCN(C(c3ccccc3)c3ccccc3)CC2)C(=O)N1c1ccc(Cl)cc1. The molecule has 2 amide bonds. The van der Waals surface area contributed by atoms with Gasteiger partial charge in [0.25, 0.3) is 5.91 Å². The summed E-state index contributed by atoms with van der Waals surface area (Å²) in [6, 6.07) is 27.7. The molecule has 0 aromatic heterocycles. The Balaban J connectivity index is 1.31. The minimum absolute atomic E-state index is 0.140. The molecule has 2 aliphatic rings. The second-order valence-corrected chi connectivity index (χ2v) is 9.00. The highest BCUT2D eigenvalue weighted by molar-refractivity contribution is 6.30. The number of hydrogen-bond acceptors (Lipinski definition) is 4. The van der Waals surface area contributed by atoms with Crippen LogP contribution in [0.4, 0.5) is 5.69 Å². The predicted octanol–water partition coefficient (Wildman–Crippen LogP) is 4.38. The Bertz CT molecular complexity index is 1070. The van der Waals surface area contributed by atoms with Crippen molar-refractivity contribution >= 4 is 29.1 Å². The normalized spacial score (nSPS) is 20.1. The van der Waals surface area contributed by atoms with Crippen LogP contribution in [-0.2, 0) is 9.59 Å². The fourth-order valence-corrected chi connectivity index (χ4v) is 5.08. The zero-order valence-electron chi connectivity index (χ0n) is 18.3. The van der Waals surface area contributed by atoms with Crippen molar-refractivity contribution in [2.45, 2.75) is 18.5 Å². The van der Waals surface area contributed by atoms with Gasteiger partial charge >= 0.3 is 0 Å². The topological polar surface area (TPSA) is 43.9 Å². The van der Waals surface area contributed by atoms with Crippen molar-refractivity contribution in [3.8, 4) is 0 Å². The van der Waals surface area contributed by atoms with Crippen molar-refractivity contribution in [2.75, 3.05) is 31.1 Å². The second-order valence-electron chi connectivity index (χ2n) is 8.56. The summed E-state index contributed by atoms with van der Waals surface area (Å²) in [5.41, 5.74) is 3.11. The number of carbonyl (C=O) groups is 2. The summed E-state index contributed by atoms with van der Waals surface area (Å²) in [6.07, 6.45) is 0.224. The van der Waals surface area contributed by atoms with E-state index >= 15 is 0 Å². The van der Waals surface area contributed by atoms with Gasteiger partial charge in [0.05, 0.1) is 24.2 Å². The Kier molecular flexibility index (Phi) is 6.27. The van der Waals surface area contributed by atoms with Crippen molar-refractivity contribution in [2.24, 2.45) is 0 Å². The fourth-order valence-electron chi connectivity index (χ4n) is 4.95. The Labute approximate surface area is 199 Å². The van der Waals surface area contributed by atoms with E-state index in [0.717, 1.165) is 26.2 Å².